The average molecular weight is 410 g/mol. The van der Waals surface area contributed by atoms with Crippen LogP contribution >= 0.6 is 23.2 Å². The summed E-state index contributed by atoms with van der Waals surface area (Å²) in [6.07, 6.45) is 2.04. The molecule has 3 amide bonds. The Kier molecular flexibility index (Phi) is 5.49. The van der Waals surface area contributed by atoms with E-state index in [2.05, 4.69) is 10.6 Å². The first kappa shape index (κ1) is 19.7. The first-order chi connectivity index (χ1) is 12.7. The number of rotatable bonds is 5. The van der Waals surface area contributed by atoms with Crippen molar-refractivity contribution in [3.05, 3.63) is 33.3 Å². The molecule has 6 nitrogen and oxygen atoms in total. The normalized spacial score (nSPS) is 18.0. The number of nitrogens with one attached hydrogen (secondary N) is 2. The van der Waals surface area contributed by atoms with Gasteiger partial charge in [0.15, 0.2) is 0 Å². The van der Waals surface area contributed by atoms with E-state index in [9.17, 15) is 14.4 Å². The number of amides is 3. The summed E-state index contributed by atoms with van der Waals surface area (Å²) in [5, 5.41) is 6.44. The van der Waals surface area contributed by atoms with Gasteiger partial charge in [0.05, 0.1) is 27.8 Å². The fourth-order valence-electron chi connectivity index (χ4n) is 2.86. The summed E-state index contributed by atoms with van der Waals surface area (Å²) in [5.74, 6) is -0.856. The number of anilines is 2. The number of carbonyl (C=O) groups is 3. The highest BCUT2D eigenvalue weighted by molar-refractivity contribution is 6.40. The molecule has 1 aromatic carbocycles. The van der Waals surface area contributed by atoms with Crippen molar-refractivity contribution in [3.63, 3.8) is 0 Å². The Bertz CT molecular complexity index is 858. The summed E-state index contributed by atoms with van der Waals surface area (Å²) >= 11 is 12.5. The molecule has 0 spiro atoms. The molecule has 1 heterocycles. The second-order valence-corrected chi connectivity index (χ2v) is 7.94. The van der Waals surface area contributed by atoms with Crippen molar-refractivity contribution in [1.29, 1.82) is 0 Å². The molecule has 2 fully saturated rings. The molecular weight excluding hydrogens is 389 g/mol. The predicted molar refractivity (Wildman–Crippen MR) is 106 cm³/mol. The Morgan fingerprint density at radius 3 is 2.41 bits per heavy atom. The van der Waals surface area contributed by atoms with E-state index in [1.807, 2.05) is 0 Å². The van der Waals surface area contributed by atoms with Crippen LogP contribution in [0.15, 0.2) is 23.3 Å². The molecule has 1 saturated heterocycles. The van der Waals surface area contributed by atoms with Gasteiger partial charge in [0, 0.05) is 11.6 Å². The van der Waals surface area contributed by atoms with E-state index in [4.69, 9.17) is 23.2 Å². The molecule has 27 heavy (non-hydrogen) atoms. The highest BCUT2D eigenvalue weighted by atomic mass is 35.5. The van der Waals surface area contributed by atoms with Gasteiger partial charge >= 0.3 is 0 Å². The molecule has 144 valence electrons. The van der Waals surface area contributed by atoms with E-state index in [1.165, 1.54) is 12.1 Å². The average Bonchev–Trinajstić information content (AvgIpc) is 3.34. The minimum Gasteiger partial charge on any atom is -0.373 e. The lowest BCUT2D eigenvalue weighted by atomic mass is 10.1. The second kappa shape index (κ2) is 7.52. The molecule has 3 rings (SSSR count). The highest BCUT2D eigenvalue weighted by Crippen LogP contribution is 2.38. The van der Waals surface area contributed by atoms with E-state index in [-0.39, 0.29) is 40.9 Å². The summed E-state index contributed by atoms with van der Waals surface area (Å²) in [4.78, 5) is 38.3. The van der Waals surface area contributed by atoms with E-state index in [1.54, 1.807) is 20.8 Å². The third kappa shape index (κ3) is 4.12. The number of benzene rings is 1. The number of hydrogen-bond acceptors (Lipinski definition) is 4. The van der Waals surface area contributed by atoms with Crippen molar-refractivity contribution in [1.82, 2.24) is 5.32 Å². The van der Waals surface area contributed by atoms with Gasteiger partial charge in [0.25, 0.3) is 5.91 Å². The molecule has 8 heteroatoms. The van der Waals surface area contributed by atoms with Crippen LogP contribution in [0.5, 0.6) is 0 Å². The molecule has 0 bridgehead atoms. The maximum atomic E-state index is 12.6. The van der Waals surface area contributed by atoms with E-state index < -0.39 is 6.04 Å². The summed E-state index contributed by atoms with van der Waals surface area (Å²) in [7, 11) is 0. The maximum absolute atomic E-state index is 12.6. The largest absolute Gasteiger partial charge is 0.373 e. The summed E-state index contributed by atoms with van der Waals surface area (Å²) in [6.45, 7) is 5.30. The van der Waals surface area contributed by atoms with Crippen LogP contribution in [0, 0.1) is 0 Å². The Labute approximate surface area is 167 Å². The van der Waals surface area contributed by atoms with Gasteiger partial charge in [-0.25, -0.2) is 4.90 Å². The molecule has 1 aromatic rings. The zero-order valence-electron chi connectivity index (χ0n) is 15.4. The molecule has 1 aliphatic heterocycles. The third-order valence-corrected chi connectivity index (χ3v) is 5.22. The molecule has 1 saturated carbocycles. The minimum absolute atomic E-state index is 0.0447. The lowest BCUT2D eigenvalue weighted by Crippen LogP contribution is -2.38. The smallest absolute Gasteiger partial charge is 0.261 e. The van der Waals surface area contributed by atoms with Gasteiger partial charge in [-0.05, 0) is 45.7 Å². The monoisotopic (exact) mass is 409 g/mol. The van der Waals surface area contributed by atoms with Gasteiger partial charge in [-0.1, -0.05) is 28.8 Å². The molecule has 0 radical (unpaired) electrons. The number of halogens is 2. The summed E-state index contributed by atoms with van der Waals surface area (Å²) < 4.78 is 0. The first-order valence-corrected chi connectivity index (χ1v) is 9.54. The number of carbonyl (C=O) groups excluding carboxylic acids is 3. The van der Waals surface area contributed by atoms with Gasteiger partial charge in [-0.2, -0.15) is 0 Å². The molecule has 1 aliphatic carbocycles. The van der Waals surface area contributed by atoms with Crippen LogP contribution in [-0.4, -0.2) is 29.8 Å². The minimum atomic E-state index is -0.532. The van der Waals surface area contributed by atoms with Gasteiger partial charge in [0.1, 0.15) is 6.04 Å². The second-order valence-electron chi connectivity index (χ2n) is 7.12. The van der Waals surface area contributed by atoms with Crippen LogP contribution in [0.2, 0.25) is 10.0 Å². The van der Waals surface area contributed by atoms with Gasteiger partial charge in [-0.15, -0.1) is 0 Å². The van der Waals surface area contributed by atoms with Crippen molar-refractivity contribution < 1.29 is 14.4 Å². The fourth-order valence-corrected chi connectivity index (χ4v) is 3.38. The Morgan fingerprint density at radius 1 is 1.19 bits per heavy atom. The molecule has 2 N–H and O–H groups in total. The van der Waals surface area contributed by atoms with Crippen LogP contribution < -0.4 is 15.5 Å². The fraction of sp³-hybridized carbons (Fsp3) is 0.421. The number of hydrogen-bond donors (Lipinski definition) is 2. The van der Waals surface area contributed by atoms with Crippen molar-refractivity contribution in [2.24, 2.45) is 0 Å². The Balaban J connectivity index is 1.88. The quantitative estimate of drug-likeness (QED) is 0.574. The third-order valence-electron chi connectivity index (χ3n) is 4.61. The molecule has 0 aromatic heterocycles. The highest BCUT2D eigenvalue weighted by Gasteiger charge is 2.37. The van der Waals surface area contributed by atoms with E-state index >= 15 is 0 Å². The zero-order valence-corrected chi connectivity index (χ0v) is 16.9. The summed E-state index contributed by atoms with van der Waals surface area (Å²) in [6, 6.07) is 2.72. The van der Waals surface area contributed by atoms with Gasteiger partial charge < -0.3 is 10.6 Å². The van der Waals surface area contributed by atoms with Gasteiger partial charge in [0.2, 0.25) is 11.8 Å². The maximum Gasteiger partial charge on any atom is 0.261 e. The molecule has 1 atom stereocenters. The lowest BCUT2D eigenvalue weighted by molar-refractivity contribution is -0.122. The van der Waals surface area contributed by atoms with Crippen LogP contribution in [0.25, 0.3) is 0 Å². The number of imide groups is 1. The van der Waals surface area contributed by atoms with Gasteiger partial charge in [-0.3, -0.25) is 14.4 Å². The van der Waals surface area contributed by atoms with Crippen LogP contribution in [-0.2, 0) is 14.4 Å². The van der Waals surface area contributed by atoms with E-state index in [0.717, 1.165) is 23.3 Å². The lowest BCUT2D eigenvalue weighted by Gasteiger charge is -2.20. The van der Waals surface area contributed by atoms with Crippen LogP contribution in [0.3, 0.4) is 0 Å². The topological polar surface area (TPSA) is 78.5 Å². The zero-order chi connectivity index (χ0) is 19.9. The Hall–Kier alpha value is -2.05. The SMILES string of the molecule is CC(C)=C1CC(=O)N(c2cc(NC(C)C(=O)NC3CC3)c(Cl)cc2Cl)C1=O. The molecule has 2 aliphatic rings. The van der Waals surface area contributed by atoms with E-state index in [0.29, 0.717) is 16.3 Å². The Morgan fingerprint density at radius 2 is 1.85 bits per heavy atom. The van der Waals surface area contributed by atoms with Crippen molar-refractivity contribution >= 4 is 52.3 Å². The van der Waals surface area contributed by atoms with Crippen LogP contribution in [0.4, 0.5) is 11.4 Å². The van der Waals surface area contributed by atoms with Crippen molar-refractivity contribution in [2.75, 3.05) is 10.2 Å². The summed E-state index contributed by atoms with van der Waals surface area (Å²) in [5.41, 5.74) is 1.95. The van der Waals surface area contributed by atoms with Crippen molar-refractivity contribution in [3.8, 4) is 0 Å². The molecular formula is C19H21Cl2N3O3. The number of allylic oxidation sites excluding steroid dienone is 1. The standard InChI is InChI=1S/C19H21Cl2N3O3/c1-9(2)12-6-17(25)24(19(12)27)16-8-15(13(20)7-14(16)21)22-10(3)18(26)23-11-4-5-11/h7-8,10-11,22H,4-6H2,1-3H3,(H,23,26). The van der Waals surface area contributed by atoms with Crippen LogP contribution in [0.1, 0.15) is 40.0 Å². The van der Waals surface area contributed by atoms with Crippen molar-refractivity contribution in [2.45, 2.75) is 52.1 Å². The number of nitrogens with zero attached hydrogens (tertiary/aromatic N) is 1. The first-order valence-electron chi connectivity index (χ1n) is 8.78. The molecule has 1 unspecified atom stereocenters. The predicted octanol–water partition coefficient (Wildman–Crippen LogP) is 3.67.